The summed E-state index contributed by atoms with van der Waals surface area (Å²) in [5.41, 5.74) is 2.22. The molecule has 8 heteroatoms. The average Bonchev–Trinajstić information content (AvgIpc) is 3.13. The lowest BCUT2D eigenvalue weighted by Gasteiger charge is -2.26. The van der Waals surface area contributed by atoms with Crippen molar-refractivity contribution >= 4 is 34.7 Å². The molecule has 4 rings (SSSR count). The Morgan fingerprint density at radius 1 is 1.03 bits per heavy atom. The van der Waals surface area contributed by atoms with Gasteiger partial charge < -0.3 is 14.6 Å². The maximum absolute atomic E-state index is 13.3. The molecule has 1 fully saturated rings. The lowest BCUT2D eigenvalue weighted by molar-refractivity contribution is -0.132. The molecule has 1 amide bonds. The molecule has 3 aromatic rings. The minimum Gasteiger partial charge on any atom is -0.507 e. The fraction of sp³-hybridized carbons (Fsp3) is 0.148. The third kappa shape index (κ3) is 4.20. The minimum atomic E-state index is -0.946. The van der Waals surface area contributed by atoms with Gasteiger partial charge in [-0.2, -0.15) is 5.26 Å². The number of methoxy groups -OCH3 is 2. The number of Topliss-reactive ketones (excluding diaryl/α,β-unsaturated/α-hetero) is 1. The van der Waals surface area contributed by atoms with E-state index in [1.165, 1.54) is 19.1 Å². The van der Waals surface area contributed by atoms with E-state index in [0.717, 1.165) is 5.56 Å². The van der Waals surface area contributed by atoms with E-state index in [0.29, 0.717) is 22.6 Å². The summed E-state index contributed by atoms with van der Waals surface area (Å²) in [6.07, 6.45) is 0. The molecule has 0 spiro atoms. The molecule has 1 aliphatic rings. The molecule has 1 N–H and O–H groups in total. The van der Waals surface area contributed by atoms with Gasteiger partial charge in [-0.25, -0.2) is 0 Å². The van der Waals surface area contributed by atoms with Crippen LogP contribution in [0.25, 0.3) is 5.76 Å². The van der Waals surface area contributed by atoms with Gasteiger partial charge in [0.2, 0.25) is 0 Å². The number of rotatable bonds is 5. The SMILES string of the molecule is COc1ccc(C2/C(=C(\O)c3cc(C)cc(Cl)c3OC)C(=O)C(=O)N2c2ccc(C#N)cc2)cc1. The van der Waals surface area contributed by atoms with Gasteiger partial charge in [-0.1, -0.05) is 23.7 Å². The van der Waals surface area contributed by atoms with Crippen molar-refractivity contribution in [3.63, 3.8) is 0 Å². The largest absolute Gasteiger partial charge is 0.507 e. The topological polar surface area (TPSA) is 99.9 Å². The fourth-order valence-corrected chi connectivity index (χ4v) is 4.51. The number of ketones is 1. The van der Waals surface area contributed by atoms with Crippen molar-refractivity contribution in [3.8, 4) is 17.6 Å². The van der Waals surface area contributed by atoms with Crippen molar-refractivity contribution in [2.45, 2.75) is 13.0 Å². The third-order valence-electron chi connectivity index (χ3n) is 5.80. The second kappa shape index (κ2) is 9.53. The predicted octanol–water partition coefficient (Wildman–Crippen LogP) is 5.16. The van der Waals surface area contributed by atoms with Gasteiger partial charge in [-0.3, -0.25) is 14.5 Å². The summed E-state index contributed by atoms with van der Waals surface area (Å²) in [7, 11) is 2.94. The number of aliphatic hydroxyl groups is 1. The maximum atomic E-state index is 13.3. The van der Waals surface area contributed by atoms with E-state index < -0.39 is 23.5 Å². The summed E-state index contributed by atoms with van der Waals surface area (Å²) in [6.45, 7) is 1.79. The molecule has 35 heavy (non-hydrogen) atoms. The van der Waals surface area contributed by atoms with Gasteiger partial charge in [0.25, 0.3) is 11.7 Å². The molecule has 1 heterocycles. The van der Waals surface area contributed by atoms with E-state index in [1.54, 1.807) is 67.6 Å². The predicted molar refractivity (Wildman–Crippen MR) is 132 cm³/mol. The Kier molecular flexibility index (Phi) is 6.50. The van der Waals surface area contributed by atoms with Gasteiger partial charge in [0.05, 0.1) is 48.1 Å². The van der Waals surface area contributed by atoms with Crippen molar-refractivity contribution in [2.75, 3.05) is 19.1 Å². The summed E-state index contributed by atoms with van der Waals surface area (Å²) in [4.78, 5) is 27.9. The lowest BCUT2D eigenvalue weighted by atomic mass is 9.94. The van der Waals surface area contributed by atoms with Crippen LogP contribution in [0.1, 0.15) is 28.3 Å². The van der Waals surface area contributed by atoms with Gasteiger partial charge in [0.1, 0.15) is 17.3 Å². The van der Waals surface area contributed by atoms with E-state index >= 15 is 0 Å². The first-order valence-electron chi connectivity index (χ1n) is 10.6. The summed E-state index contributed by atoms with van der Waals surface area (Å²) in [5, 5.41) is 20.8. The highest BCUT2D eigenvalue weighted by atomic mass is 35.5. The van der Waals surface area contributed by atoms with Gasteiger partial charge in [0.15, 0.2) is 0 Å². The van der Waals surface area contributed by atoms with Crippen molar-refractivity contribution < 1.29 is 24.2 Å². The van der Waals surface area contributed by atoms with Crippen molar-refractivity contribution in [2.24, 2.45) is 0 Å². The number of carbonyl (C=O) groups is 2. The number of aliphatic hydroxyl groups excluding tert-OH is 1. The second-order valence-corrected chi connectivity index (χ2v) is 8.34. The maximum Gasteiger partial charge on any atom is 0.300 e. The van der Waals surface area contributed by atoms with Crippen LogP contribution in [0.3, 0.4) is 0 Å². The smallest absolute Gasteiger partial charge is 0.300 e. The highest BCUT2D eigenvalue weighted by Gasteiger charge is 2.47. The number of nitriles is 1. The number of benzene rings is 3. The number of hydrogen-bond donors (Lipinski definition) is 1. The molecule has 1 atom stereocenters. The van der Waals surface area contributed by atoms with Crippen molar-refractivity contribution in [1.29, 1.82) is 5.26 Å². The first kappa shape index (κ1) is 23.9. The molecular formula is C27H21ClN2O5. The second-order valence-electron chi connectivity index (χ2n) is 7.93. The lowest BCUT2D eigenvalue weighted by Crippen LogP contribution is -2.29. The molecule has 0 aromatic heterocycles. The molecule has 0 radical (unpaired) electrons. The van der Waals surface area contributed by atoms with Crippen LogP contribution in [0.4, 0.5) is 5.69 Å². The molecule has 176 valence electrons. The van der Waals surface area contributed by atoms with Gasteiger partial charge >= 0.3 is 0 Å². The van der Waals surface area contributed by atoms with Crippen LogP contribution in [0, 0.1) is 18.3 Å². The van der Waals surface area contributed by atoms with E-state index in [4.69, 9.17) is 26.3 Å². The van der Waals surface area contributed by atoms with Crippen molar-refractivity contribution in [3.05, 3.63) is 93.5 Å². The van der Waals surface area contributed by atoms with Crippen LogP contribution >= 0.6 is 11.6 Å². The first-order chi connectivity index (χ1) is 16.8. The monoisotopic (exact) mass is 488 g/mol. The Labute approximate surface area is 207 Å². The van der Waals surface area contributed by atoms with E-state index in [1.807, 2.05) is 6.07 Å². The number of hydrogen-bond acceptors (Lipinski definition) is 6. The van der Waals surface area contributed by atoms with Crippen LogP contribution in [0.2, 0.25) is 5.02 Å². The first-order valence-corrected chi connectivity index (χ1v) is 11.0. The molecule has 0 aliphatic carbocycles. The number of anilines is 1. The Hall–Kier alpha value is -4.28. The summed E-state index contributed by atoms with van der Waals surface area (Å²) in [5.74, 6) is -1.28. The summed E-state index contributed by atoms with van der Waals surface area (Å²) < 4.78 is 10.6. The molecule has 7 nitrogen and oxygen atoms in total. The number of ether oxygens (including phenoxy) is 2. The van der Waals surface area contributed by atoms with Crippen LogP contribution in [-0.2, 0) is 9.59 Å². The zero-order valence-electron chi connectivity index (χ0n) is 19.2. The van der Waals surface area contributed by atoms with Gasteiger partial charge in [-0.05, 0) is 66.6 Å². The Bertz CT molecular complexity index is 1390. The molecule has 1 unspecified atom stereocenters. The van der Waals surface area contributed by atoms with Gasteiger partial charge in [-0.15, -0.1) is 0 Å². The Balaban J connectivity index is 1.98. The van der Waals surface area contributed by atoms with Crippen LogP contribution < -0.4 is 14.4 Å². The normalized spacial score (nSPS) is 16.8. The fourth-order valence-electron chi connectivity index (χ4n) is 4.15. The molecule has 0 bridgehead atoms. The van der Waals surface area contributed by atoms with Gasteiger partial charge in [0, 0.05) is 5.69 Å². The summed E-state index contributed by atoms with van der Waals surface area (Å²) in [6, 6.07) is 17.5. The highest BCUT2D eigenvalue weighted by molar-refractivity contribution is 6.51. The number of aryl methyl sites for hydroxylation is 1. The zero-order valence-corrected chi connectivity index (χ0v) is 20.0. The number of halogens is 1. The van der Waals surface area contributed by atoms with Crippen LogP contribution in [0.5, 0.6) is 11.5 Å². The molecule has 3 aromatic carbocycles. The van der Waals surface area contributed by atoms with Crippen molar-refractivity contribution in [1.82, 2.24) is 0 Å². The Morgan fingerprint density at radius 2 is 1.69 bits per heavy atom. The minimum absolute atomic E-state index is 0.107. The Morgan fingerprint density at radius 3 is 2.26 bits per heavy atom. The number of nitrogens with zero attached hydrogens (tertiary/aromatic N) is 2. The van der Waals surface area contributed by atoms with Crippen LogP contribution in [-0.4, -0.2) is 31.0 Å². The quantitative estimate of drug-likeness (QED) is 0.302. The highest BCUT2D eigenvalue weighted by Crippen LogP contribution is 2.44. The molecule has 1 aliphatic heterocycles. The number of amides is 1. The summed E-state index contributed by atoms with van der Waals surface area (Å²) >= 11 is 6.33. The average molecular weight is 489 g/mol. The van der Waals surface area contributed by atoms with E-state index in [2.05, 4.69) is 0 Å². The standard InChI is InChI=1S/C27H21ClN2O5/c1-15-12-20(26(35-3)21(28)13-15)24(31)22-23(17-6-10-19(34-2)11-7-17)30(27(33)25(22)32)18-8-4-16(14-29)5-9-18/h4-13,23,31H,1-3H3/b24-22+. The number of carbonyl (C=O) groups excluding carboxylic acids is 2. The van der Waals surface area contributed by atoms with E-state index in [-0.39, 0.29) is 21.9 Å². The van der Waals surface area contributed by atoms with Crippen LogP contribution in [0.15, 0.2) is 66.2 Å². The molecular weight excluding hydrogens is 468 g/mol. The molecule has 1 saturated heterocycles. The molecule has 0 saturated carbocycles. The third-order valence-corrected chi connectivity index (χ3v) is 6.08. The van der Waals surface area contributed by atoms with E-state index in [9.17, 15) is 14.7 Å². The zero-order chi connectivity index (χ0) is 25.3.